The molecule has 0 aliphatic rings. The predicted molar refractivity (Wildman–Crippen MR) is 86.3 cm³/mol. The molecule has 21 heavy (non-hydrogen) atoms. The van der Waals surface area contributed by atoms with E-state index in [1.165, 1.54) is 18.3 Å². The molecule has 110 valence electrons. The number of rotatable bonds is 5. The third-order valence-electron chi connectivity index (χ3n) is 3.08. The second-order valence-corrected chi connectivity index (χ2v) is 6.05. The molecule has 0 bridgehead atoms. The lowest BCUT2D eigenvalue weighted by Crippen LogP contribution is -2.21. The summed E-state index contributed by atoms with van der Waals surface area (Å²) in [7, 11) is 3.97. The number of anilines is 1. The maximum atomic E-state index is 12.0. The normalized spacial score (nSPS) is 10.2. The second-order valence-electron chi connectivity index (χ2n) is 4.96. The van der Waals surface area contributed by atoms with Gasteiger partial charge in [-0.1, -0.05) is 12.1 Å². The van der Waals surface area contributed by atoms with E-state index in [0.717, 1.165) is 11.3 Å². The highest BCUT2D eigenvalue weighted by Crippen LogP contribution is 2.17. The van der Waals surface area contributed by atoms with E-state index in [-0.39, 0.29) is 11.7 Å². The number of hydrogen-bond acceptors (Lipinski definition) is 4. The quantitative estimate of drug-likeness (QED) is 0.864. The highest BCUT2D eigenvalue weighted by atomic mass is 32.1. The average Bonchev–Trinajstić information content (AvgIpc) is 2.95. The molecule has 2 rings (SSSR count). The molecular formula is C16H18N2O2S. The molecule has 0 aliphatic carbocycles. The van der Waals surface area contributed by atoms with Gasteiger partial charge in [-0.25, -0.2) is 0 Å². The Hall–Kier alpha value is -2.14. The molecule has 0 fully saturated rings. The molecule has 5 heteroatoms. The van der Waals surface area contributed by atoms with Crippen molar-refractivity contribution in [3.8, 4) is 0 Å². The molecule has 0 spiro atoms. The summed E-state index contributed by atoms with van der Waals surface area (Å²) in [6.07, 6.45) is 0. The number of nitrogens with zero attached hydrogens (tertiary/aromatic N) is 1. The van der Waals surface area contributed by atoms with E-state index in [4.69, 9.17) is 0 Å². The molecule has 0 atom stereocenters. The number of carbonyl (C=O) groups is 2. The molecule has 1 heterocycles. The lowest BCUT2D eigenvalue weighted by Gasteiger charge is -2.12. The maximum absolute atomic E-state index is 12.0. The number of benzene rings is 1. The Balaban J connectivity index is 1.95. The van der Waals surface area contributed by atoms with Gasteiger partial charge in [-0.15, -0.1) is 11.3 Å². The number of ketones is 1. The van der Waals surface area contributed by atoms with Crippen LogP contribution >= 0.6 is 11.3 Å². The van der Waals surface area contributed by atoms with E-state index in [0.29, 0.717) is 16.3 Å². The van der Waals surface area contributed by atoms with Crippen molar-refractivity contribution in [3.05, 3.63) is 51.7 Å². The van der Waals surface area contributed by atoms with Gasteiger partial charge in [0.1, 0.15) is 0 Å². The van der Waals surface area contributed by atoms with Gasteiger partial charge in [0, 0.05) is 26.3 Å². The number of Topliss-reactive ketones (excluding diaryl/α,β-unsaturated/α-hetero) is 1. The van der Waals surface area contributed by atoms with Crippen molar-refractivity contribution in [2.75, 3.05) is 19.0 Å². The zero-order chi connectivity index (χ0) is 15.4. The van der Waals surface area contributed by atoms with Crippen LogP contribution in [0.4, 0.5) is 5.69 Å². The van der Waals surface area contributed by atoms with Crippen molar-refractivity contribution in [2.24, 2.45) is 0 Å². The van der Waals surface area contributed by atoms with E-state index in [9.17, 15) is 9.59 Å². The van der Waals surface area contributed by atoms with E-state index < -0.39 is 0 Å². The first kappa shape index (κ1) is 15.3. The fraction of sp³-hybridized carbons (Fsp3) is 0.250. The van der Waals surface area contributed by atoms with Gasteiger partial charge in [-0.05, 0) is 36.8 Å². The van der Waals surface area contributed by atoms with Crippen molar-refractivity contribution >= 4 is 28.7 Å². The molecular weight excluding hydrogens is 284 g/mol. The Labute approximate surface area is 128 Å². The molecule has 1 aromatic carbocycles. The molecule has 4 nitrogen and oxygen atoms in total. The van der Waals surface area contributed by atoms with E-state index in [1.807, 2.05) is 43.3 Å². The number of hydrogen-bond donors (Lipinski definition) is 1. The minimum atomic E-state index is -0.149. The van der Waals surface area contributed by atoms with Crippen LogP contribution < -0.4 is 10.2 Å². The van der Waals surface area contributed by atoms with Crippen molar-refractivity contribution in [1.29, 1.82) is 0 Å². The topological polar surface area (TPSA) is 49.4 Å². The van der Waals surface area contributed by atoms with Gasteiger partial charge in [0.05, 0.1) is 9.75 Å². The zero-order valence-corrected chi connectivity index (χ0v) is 13.2. The molecule has 2 aromatic rings. The Morgan fingerprint density at radius 3 is 2.19 bits per heavy atom. The lowest BCUT2D eigenvalue weighted by atomic mass is 10.2. The predicted octanol–water partition coefficient (Wildman–Crippen LogP) is 2.95. The van der Waals surface area contributed by atoms with E-state index in [2.05, 4.69) is 5.32 Å². The van der Waals surface area contributed by atoms with Crippen LogP contribution in [0.15, 0.2) is 36.4 Å². The first-order valence-corrected chi connectivity index (χ1v) is 7.44. The summed E-state index contributed by atoms with van der Waals surface area (Å²) in [5, 5.41) is 2.86. The minimum absolute atomic E-state index is 0.0154. The zero-order valence-electron chi connectivity index (χ0n) is 12.3. The summed E-state index contributed by atoms with van der Waals surface area (Å²) in [5.74, 6) is -0.164. The molecule has 0 saturated carbocycles. The molecule has 1 N–H and O–H groups in total. The molecule has 1 amide bonds. The fourth-order valence-corrected chi connectivity index (χ4v) is 2.65. The van der Waals surface area contributed by atoms with Crippen molar-refractivity contribution < 1.29 is 9.59 Å². The van der Waals surface area contributed by atoms with Gasteiger partial charge >= 0.3 is 0 Å². The van der Waals surface area contributed by atoms with E-state index in [1.54, 1.807) is 12.1 Å². The minimum Gasteiger partial charge on any atom is -0.378 e. The van der Waals surface area contributed by atoms with E-state index >= 15 is 0 Å². The molecule has 0 unspecified atom stereocenters. The highest BCUT2D eigenvalue weighted by molar-refractivity contribution is 7.15. The summed E-state index contributed by atoms with van der Waals surface area (Å²) in [6, 6.07) is 11.4. The van der Waals surface area contributed by atoms with Crippen LogP contribution in [0.5, 0.6) is 0 Å². The van der Waals surface area contributed by atoms with Crippen molar-refractivity contribution in [1.82, 2.24) is 5.32 Å². The van der Waals surface area contributed by atoms with Crippen molar-refractivity contribution in [3.63, 3.8) is 0 Å². The number of nitrogens with one attached hydrogen (secondary N) is 1. The highest BCUT2D eigenvalue weighted by Gasteiger charge is 2.11. The number of carbonyl (C=O) groups excluding carboxylic acids is 2. The van der Waals surface area contributed by atoms with Crippen LogP contribution in [0.3, 0.4) is 0 Å². The lowest BCUT2D eigenvalue weighted by molar-refractivity contribution is 0.0954. The maximum Gasteiger partial charge on any atom is 0.261 e. The summed E-state index contributed by atoms with van der Waals surface area (Å²) in [4.78, 5) is 26.4. The van der Waals surface area contributed by atoms with Crippen LogP contribution in [0.2, 0.25) is 0 Å². The van der Waals surface area contributed by atoms with Gasteiger partial charge in [0.2, 0.25) is 0 Å². The van der Waals surface area contributed by atoms with Gasteiger partial charge in [0.25, 0.3) is 5.91 Å². The van der Waals surface area contributed by atoms with Crippen molar-refractivity contribution in [2.45, 2.75) is 13.5 Å². The van der Waals surface area contributed by atoms with Crippen LogP contribution in [-0.2, 0) is 6.54 Å². The fourth-order valence-electron chi connectivity index (χ4n) is 1.83. The molecule has 0 saturated heterocycles. The van der Waals surface area contributed by atoms with Crippen LogP contribution in [0.1, 0.15) is 31.8 Å². The monoisotopic (exact) mass is 302 g/mol. The Morgan fingerprint density at radius 2 is 1.67 bits per heavy atom. The Morgan fingerprint density at radius 1 is 1.05 bits per heavy atom. The summed E-state index contributed by atoms with van der Waals surface area (Å²) in [5.41, 5.74) is 2.16. The number of amides is 1. The third-order valence-corrected chi connectivity index (χ3v) is 4.27. The first-order chi connectivity index (χ1) is 9.97. The van der Waals surface area contributed by atoms with Gasteiger partial charge in [0.15, 0.2) is 5.78 Å². The van der Waals surface area contributed by atoms with Gasteiger partial charge < -0.3 is 10.2 Å². The smallest absolute Gasteiger partial charge is 0.261 e. The van der Waals surface area contributed by atoms with Crippen LogP contribution in [-0.4, -0.2) is 25.8 Å². The van der Waals surface area contributed by atoms with Crippen LogP contribution in [0, 0.1) is 0 Å². The summed E-state index contributed by atoms with van der Waals surface area (Å²) >= 11 is 1.22. The molecule has 1 aromatic heterocycles. The molecule has 0 aliphatic heterocycles. The van der Waals surface area contributed by atoms with Gasteiger partial charge in [-0.2, -0.15) is 0 Å². The number of thiophene rings is 1. The first-order valence-electron chi connectivity index (χ1n) is 6.62. The largest absolute Gasteiger partial charge is 0.378 e. The standard InChI is InChI=1S/C16H18N2O2S/c1-11(19)14-8-9-15(21-14)16(20)17-10-12-4-6-13(7-5-12)18(2)3/h4-9H,10H2,1-3H3,(H,17,20). The second kappa shape index (κ2) is 6.54. The Bertz CT molecular complexity index is 645. The molecule has 0 radical (unpaired) electrons. The summed E-state index contributed by atoms with van der Waals surface area (Å²) in [6.45, 7) is 1.97. The Kier molecular flexibility index (Phi) is 4.75. The third kappa shape index (κ3) is 3.92. The van der Waals surface area contributed by atoms with Crippen LogP contribution in [0.25, 0.3) is 0 Å². The average molecular weight is 302 g/mol. The van der Waals surface area contributed by atoms with Gasteiger partial charge in [-0.3, -0.25) is 9.59 Å². The SMILES string of the molecule is CC(=O)c1ccc(C(=O)NCc2ccc(N(C)C)cc2)s1. The summed E-state index contributed by atoms with van der Waals surface area (Å²) < 4.78 is 0.